The maximum Gasteiger partial charge on any atom is 0.144 e. The molecule has 0 spiro atoms. The van der Waals surface area contributed by atoms with E-state index in [0.717, 1.165) is 41.2 Å². The van der Waals surface area contributed by atoms with Crippen molar-refractivity contribution in [2.75, 3.05) is 11.9 Å². The van der Waals surface area contributed by atoms with Gasteiger partial charge < -0.3 is 5.32 Å². The Kier molecular flexibility index (Phi) is 6.27. The van der Waals surface area contributed by atoms with Crippen molar-refractivity contribution >= 4 is 21.7 Å². The van der Waals surface area contributed by atoms with E-state index in [9.17, 15) is 0 Å². The van der Waals surface area contributed by atoms with Gasteiger partial charge in [-0.25, -0.2) is 9.97 Å². The summed E-state index contributed by atoms with van der Waals surface area (Å²) in [6, 6.07) is 0. The molecule has 0 aliphatic heterocycles. The van der Waals surface area contributed by atoms with E-state index in [1.807, 2.05) is 0 Å². The van der Waals surface area contributed by atoms with Gasteiger partial charge in [-0.05, 0) is 42.1 Å². The molecule has 1 aromatic heterocycles. The van der Waals surface area contributed by atoms with Crippen molar-refractivity contribution < 1.29 is 0 Å². The summed E-state index contributed by atoms with van der Waals surface area (Å²) in [5.41, 5.74) is 1.16. The van der Waals surface area contributed by atoms with Crippen molar-refractivity contribution in [1.29, 1.82) is 0 Å². The zero-order chi connectivity index (χ0) is 14.4. The lowest BCUT2D eigenvalue weighted by Crippen LogP contribution is -2.11. The maximum atomic E-state index is 4.87. The molecule has 0 saturated heterocycles. The standard InChI is InChI=1S/C16H26BrN3/c1-3-9-13-14(17)16(18-4-2)20-15(19-13)12-10-7-5-6-8-11-12/h12H,3-11H2,1-2H3,(H,18,19,20). The fraction of sp³-hybridized carbons (Fsp3) is 0.750. The largest absolute Gasteiger partial charge is 0.369 e. The highest BCUT2D eigenvalue weighted by Gasteiger charge is 2.20. The van der Waals surface area contributed by atoms with E-state index in [1.165, 1.54) is 38.5 Å². The third-order valence-corrected chi connectivity index (χ3v) is 4.82. The Morgan fingerprint density at radius 2 is 1.80 bits per heavy atom. The summed E-state index contributed by atoms with van der Waals surface area (Å²) in [5, 5.41) is 3.37. The molecule has 112 valence electrons. The Labute approximate surface area is 131 Å². The molecule has 0 bridgehead atoms. The van der Waals surface area contributed by atoms with Gasteiger partial charge in [0.15, 0.2) is 0 Å². The first kappa shape index (κ1) is 15.7. The molecule has 1 aliphatic carbocycles. The molecule has 3 nitrogen and oxygen atoms in total. The molecule has 1 heterocycles. The number of hydrogen-bond donors (Lipinski definition) is 1. The molecular formula is C16H26BrN3. The number of nitrogens with one attached hydrogen (secondary N) is 1. The number of rotatable bonds is 5. The molecule has 0 atom stereocenters. The first-order valence-electron chi connectivity index (χ1n) is 8.06. The molecular weight excluding hydrogens is 314 g/mol. The van der Waals surface area contributed by atoms with E-state index in [4.69, 9.17) is 9.97 Å². The summed E-state index contributed by atoms with van der Waals surface area (Å²) in [6.45, 7) is 5.21. The smallest absolute Gasteiger partial charge is 0.144 e. The molecule has 4 heteroatoms. The maximum absolute atomic E-state index is 4.87. The molecule has 0 unspecified atom stereocenters. The van der Waals surface area contributed by atoms with E-state index in [0.29, 0.717) is 5.92 Å². The van der Waals surface area contributed by atoms with Gasteiger partial charge in [0.05, 0.1) is 10.2 Å². The van der Waals surface area contributed by atoms with Crippen LogP contribution in [0.15, 0.2) is 4.47 Å². The summed E-state index contributed by atoms with van der Waals surface area (Å²) >= 11 is 3.67. The minimum atomic E-state index is 0.554. The Morgan fingerprint density at radius 1 is 1.10 bits per heavy atom. The zero-order valence-electron chi connectivity index (χ0n) is 12.7. The van der Waals surface area contributed by atoms with Gasteiger partial charge in [-0.1, -0.05) is 39.0 Å². The van der Waals surface area contributed by atoms with Crippen LogP contribution in [0.5, 0.6) is 0 Å². The Morgan fingerprint density at radius 3 is 2.40 bits per heavy atom. The first-order valence-corrected chi connectivity index (χ1v) is 8.85. The minimum Gasteiger partial charge on any atom is -0.369 e. The van der Waals surface area contributed by atoms with E-state index in [-0.39, 0.29) is 0 Å². The van der Waals surface area contributed by atoms with Crippen molar-refractivity contribution in [3.63, 3.8) is 0 Å². The lowest BCUT2D eigenvalue weighted by Gasteiger charge is -2.17. The highest BCUT2D eigenvalue weighted by Crippen LogP contribution is 2.33. The van der Waals surface area contributed by atoms with Gasteiger partial charge in [0.25, 0.3) is 0 Å². The summed E-state index contributed by atoms with van der Waals surface area (Å²) in [5.74, 6) is 2.60. The van der Waals surface area contributed by atoms with Gasteiger partial charge in [0.2, 0.25) is 0 Å². The Balaban J connectivity index is 2.30. The van der Waals surface area contributed by atoms with Gasteiger partial charge in [-0.3, -0.25) is 0 Å². The Bertz CT molecular complexity index is 399. The van der Waals surface area contributed by atoms with Crippen LogP contribution in [0.2, 0.25) is 0 Å². The molecule has 1 N–H and O–H groups in total. The predicted molar refractivity (Wildman–Crippen MR) is 88.3 cm³/mol. The van der Waals surface area contributed by atoms with Gasteiger partial charge in [-0.15, -0.1) is 0 Å². The monoisotopic (exact) mass is 339 g/mol. The van der Waals surface area contributed by atoms with Crippen LogP contribution in [0.4, 0.5) is 5.82 Å². The number of halogens is 1. The van der Waals surface area contributed by atoms with Crippen molar-refractivity contribution in [2.45, 2.75) is 71.1 Å². The van der Waals surface area contributed by atoms with E-state index < -0.39 is 0 Å². The lowest BCUT2D eigenvalue weighted by molar-refractivity contribution is 0.557. The van der Waals surface area contributed by atoms with Gasteiger partial charge in [0.1, 0.15) is 11.6 Å². The second-order valence-corrected chi connectivity index (χ2v) is 6.45. The third-order valence-electron chi connectivity index (χ3n) is 3.99. The molecule has 0 radical (unpaired) electrons. The van der Waals surface area contributed by atoms with Crippen LogP contribution < -0.4 is 5.32 Å². The normalized spacial score (nSPS) is 16.9. The SMILES string of the molecule is CCCc1nc(C2CCCCCC2)nc(NCC)c1Br. The molecule has 1 saturated carbocycles. The number of hydrogen-bond acceptors (Lipinski definition) is 3. The summed E-state index contributed by atoms with van der Waals surface area (Å²) in [7, 11) is 0. The first-order chi connectivity index (χ1) is 9.76. The number of aromatic nitrogens is 2. The third kappa shape index (κ3) is 3.94. The van der Waals surface area contributed by atoms with Crippen molar-refractivity contribution in [3.05, 3.63) is 16.0 Å². The van der Waals surface area contributed by atoms with Crippen LogP contribution in [-0.4, -0.2) is 16.5 Å². The molecule has 0 aromatic carbocycles. The van der Waals surface area contributed by atoms with Crippen LogP contribution in [-0.2, 0) is 6.42 Å². The van der Waals surface area contributed by atoms with Gasteiger partial charge >= 0.3 is 0 Å². The lowest BCUT2D eigenvalue weighted by atomic mass is 9.99. The number of nitrogens with zero attached hydrogens (tertiary/aromatic N) is 2. The summed E-state index contributed by atoms with van der Waals surface area (Å²) in [4.78, 5) is 9.67. The fourth-order valence-electron chi connectivity index (χ4n) is 2.92. The number of aryl methyl sites for hydroxylation is 1. The second-order valence-electron chi connectivity index (χ2n) is 5.66. The van der Waals surface area contributed by atoms with Gasteiger partial charge in [-0.2, -0.15) is 0 Å². The second kappa shape index (κ2) is 7.96. The highest BCUT2D eigenvalue weighted by molar-refractivity contribution is 9.10. The van der Waals surface area contributed by atoms with Crippen LogP contribution >= 0.6 is 15.9 Å². The highest BCUT2D eigenvalue weighted by atomic mass is 79.9. The quantitative estimate of drug-likeness (QED) is 0.761. The molecule has 2 rings (SSSR count). The predicted octanol–water partition coefficient (Wildman–Crippen LogP) is 5.06. The summed E-state index contributed by atoms with van der Waals surface area (Å²) in [6.07, 6.45) is 10.0. The molecule has 0 amide bonds. The van der Waals surface area contributed by atoms with E-state index in [2.05, 4.69) is 35.1 Å². The minimum absolute atomic E-state index is 0.554. The van der Waals surface area contributed by atoms with Crippen LogP contribution in [0, 0.1) is 0 Å². The Hall–Kier alpha value is -0.640. The number of anilines is 1. The molecule has 1 fully saturated rings. The van der Waals surface area contributed by atoms with E-state index >= 15 is 0 Å². The fourth-order valence-corrected chi connectivity index (χ4v) is 3.44. The average molecular weight is 340 g/mol. The topological polar surface area (TPSA) is 37.8 Å². The summed E-state index contributed by atoms with van der Waals surface area (Å²) < 4.78 is 1.05. The molecule has 1 aromatic rings. The van der Waals surface area contributed by atoms with Gasteiger partial charge in [0, 0.05) is 12.5 Å². The van der Waals surface area contributed by atoms with Crippen molar-refractivity contribution in [3.8, 4) is 0 Å². The van der Waals surface area contributed by atoms with Crippen molar-refractivity contribution in [1.82, 2.24) is 9.97 Å². The van der Waals surface area contributed by atoms with Crippen LogP contribution in [0.3, 0.4) is 0 Å². The van der Waals surface area contributed by atoms with Crippen LogP contribution in [0.25, 0.3) is 0 Å². The molecule has 20 heavy (non-hydrogen) atoms. The van der Waals surface area contributed by atoms with E-state index in [1.54, 1.807) is 0 Å². The zero-order valence-corrected chi connectivity index (χ0v) is 14.3. The van der Waals surface area contributed by atoms with Crippen LogP contribution in [0.1, 0.15) is 76.2 Å². The average Bonchev–Trinajstić information content (AvgIpc) is 2.72. The molecule has 1 aliphatic rings. The van der Waals surface area contributed by atoms with Crippen molar-refractivity contribution in [2.24, 2.45) is 0 Å².